The molecular formula is C15H26N2. The van der Waals surface area contributed by atoms with Crippen LogP contribution >= 0.6 is 0 Å². The van der Waals surface area contributed by atoms with Gasteiger partial charge in [-0.3, -0.25) is 0 Å². The fourth-order valence-corrected chi connectivity index (χ4v) is 2.25. The van der Waals surface area contributed by atoms with E-state index in [-0.39, 0.29) is 0 Å². The highest BCUT2D eigenvalue weighted by atomic mass is 14.5. The monoisotopic (exact) mass is 234 g/mol. The van der Waals surface area contributed by atoms with Crippen molar-refractivity contribution in [3.8, 4) is 0 Å². The van der Waals surface area contributed by atoms with Gasteiger partial charge in [0.15, 0.2) is 0 Å². The van der Waals surface area contributed by atoms with Gasteiger partial charge in [-0.15, -0.1) is 0 Å². The van der Waals surface area contributed by atoms with Gasteiger partial charge in [0.25, 0.3) is 0 Å². The average Bonchev–Trinajstić information content (AvgIpc) is 2.34. The third-order valence-corrected chi connectivity index (χ3v) is 3.27. The molecule has 0 amide bonds. The maximum absolute atomic E-state index is 5.79. The Hall–Kier alpha value is -0.860. The molecule has 0 saturated heterocycles. The molecule has 0 aliphatic heterocycles. The summed E-state index contributed by atoms with van der Waals surface area (Å²) in [5.41, 5.74) is 15.5. The van der Waals surface area contributed by atoms with Crippen molar-refractivity contribution in [1.82, 2.24) is 0 Å². The summed E-state index contributed by atoms with van der Waals surface area (Å²) in [4.78, 5) is 0. The van der Waals surface area contributed by atoms with Crippen molar-refractivity contribution in [2.24, 2.45) is 17.4 Å². The van der Waals surface area contributed by atoms with Gasteiger partial charge in [0, 0.05) is 13.1 Å². The first-order valence-electron chi connectivity index (χ1n) is 6.68. The highest BCUT2D eigenvalue weighted by molar-refractivity contribution is 5.35. The van der Waals surface area contributed by atoms with Crippen LogP contribution in [0.25, 0.3) is 0 Å². The Bertz CT molecular complexity index is 309. The van der Waals surface area contributed by atoms with Gasteiger partial charge in [0.2, 0.25) is 0 Å². The Kier molecular flexibility index (Phi) is 6.23. The van der Waals surface area contributed by atoms with E-state index in [4.69, 9.17) is 11.5 Å². The molecule has 1 aromatic rings. The smallest absolute Gasteiger partial charge is 0.0180 e. The molecule has 0 radical (unpaired) electrons. The van der Waals surface area contributed by atoms with Crippen LogP contribution in [0.2, 0.25) is 0 Å². The van der Waals surface area contributed by atoms with Gasteiger partial charge in [-0.25, -0.2) is 0 Å². The lowest BCUT2D eigenvalue weighted by molar-refractivity contribution is 0.537. The van der Waals surface area contributed by atoms with Crippen LogP contribution in [0.4, 0.5) is 0 Å². The molecule has 0 aromatic heterocycles. The number of benzene rings is 1. The fourth-order valence-electron chi connectivity index (χ4n) is 2.25. The second-order valence-electron chi connectivity index (χ2n) is 5.10. The topological polar surface area (TPSA) is 52.0 Å². The Morgan fingerprint density at radius 3 is 2.06 bits per heavy atom. The molecular weight excluding hydrogens is 208 g/mol. The Balaban J connectivity index is 2.61. The molecule has 0 unspecified atom stereocenters. The Morgan fingerprint density at radius 2 is 1.59 bits per heavy atom. The first-order valence-corrected chi connectivity index (χ1v) is 6.68. The third kappa shape index (κ3) is 4.49. The summed E-state index contributed by atoms with van der Waals surface area (Å²) in [6.07, 6.45) is 4.96. The predicted octanol–water partition coefficient (Wildman–Crippen LogP) is 2.97. The van der Waals surface area contributed by atoms with Gasteiger partial charge in [0.05, 0.1) is 0 Å². The largest absolute Gasteiger partial charge is 0.326 e. The summed E-state index contributed by atoms with van der Waals surface area (Å²) in [7, 11) is 0. The van der Waals surface area contributed by atoms with E-state index >= 15 is 0 Å². The highest BCUT2D eigenvalue weighted by Gasteiger charge is 2.06. The average molecular weight is 234 g/mol. The van der Waals surface area contributed by atoms with Crippen molar-refractivity contribution < 1.29 is 0 Å². The van der Waals surface area contributed by atoms with Crippen LogP contribution in [-0.2, 0) is 19.5 Å². The lowest BCUT2D eigenvalue weighted by atomic mass is 9.95. The summed E-state index contributed by atoms with van der Waals surface area (Å²) in [5.74, 6) is 0.800. The van der Waals surface area contributed by atoms with Crippen LogP contribution in [0, 0.1) is 5.92 Å². The molecule has 0 aliphatic rings. The van der Waals surface area contributed by atoms with Crippen molar-refractivity contribution in [3.05, 3.63) is 34.9 Å². The van der Waals surface area contributed by atoms with Gasteiger partial charge < -0.3 is 11.5 Å². The van der Waals surface area contributed by atoms with Crippen LogP contribution in [0.5, 0.6) is 0 Å². The first kappa shape index (κ1) is 14.2. The minimum absolute atomic E-state index is 0.618. The molecule has 4 N–H and O–H groups in total. The number of rotatable bonds is 7. The molecule has 0 heterocycles. The summed E-state index contributed by atoms with van der Waals surface area (Å²) >= 11 is 0. The molecule has 0 aliphatic carbocycles. The first-order chi connectivity index (χ1) is 8.19. The maximum atomic E-state index is 5.79. The van der Waals surface area contributed by atoms with Gasteiger partial charge in [-0.1, -0.05) is 44.9 Å². The van der Waals surface area contributed by atoms with Crippen LogP contribution in [0.15, 0.2) is 18.2 Å². The Labute approximate surface area is 105 Å². The molecule has 2 nitrogen and oxygen atoms in total. The van der Waals surface area contributed by atoms with Crippen molar-refractivity contribution in [2.45, 2.75) is 52.6 Å². The molecule has 0 saturated carbocycles. The SMILES string of the molecule is CC(C)CCCCc1c(CN)cccc1CN. The minimum Gasteiger partial charge on any atom is -0.326 e. The second-order valence-corrected chi connectivity index (χ2v) is 5.10. The lowest BCUT2D eigenvalue weighted by Gasteiger charge is -2.13. The molecule has 1 aromatic carbocycles. The molecule has 96 valence electrons. The van der Waals surface area contributed by atoms with E-state index in [1.165, 1.54) is 36.0 Å². The zero-order chi connectivity index (χ0) is 12.7. The van der Waals surface area contributed by atoms with E-state index < -0.39 is 0 Å². The molecule has 0 atom stereocenters. The molecule has 0 spiro atoms. The number of unbranched alkanes of at least 4 members (excludes halogenated alkanes) is 1. The second kappa shape index (κ2) is 7.46. The van der Waals surface area contributed by atoms with Gasteiger partial charge in [-0.05, 0) is 35.4 Å². The van der Waals surface area contributed by atoms with Gasteiger partial charge in [0.1, 0.15) is 0 Å². The molecule has 0 bridgehead atoms. The number of hydrogen-bond acceptors (Lipinski definition) is 2. The van der Waals surface area contributed by atoms with Crippen molar-refractivity contribution in [1.29, 1.82) is 0 Å². The standard InChI is InChI=1S/C15H26N2/c1-12(2)6-3-4-9-15-13(10-16)7-5-8-14(15)11-17/h5,7-8,12H,3-4,6,9-11,16-17H2,1-2H3. The normalized spacial score (nSPS) is 11.1. The summed E-state index contributed by atoms with van der Waals surface area (Å²) < 4.78 is 0. The molecule has 17 heavy (non-hydrogen) atoms. The maximum Gasteiger partial charge on any atom is 0.0180 e. The quantitative estimate of drug-likeness (QED) is 0.713. The number of hydrogen-bond donors (Lipinski definition) is 2. The Morgan fingerprint density at radius 1 is 1.00 bits per heavy atom. The third-order valence-electron chi connectivity index (χ3n) is 3.27. The van der Waals surface area contributed by atoms with Crippen molar-refractivity contribution >= 4 is 0 Å². The van der Waals surface area contributed by atoms with E-state index in [0.29, 0.717) is 13.1 Å². The minimum atomic E-state index is 0.618. The van der Waals surface area contributed by atoms with Crippen LogP contribution < -0.4 is 11.5 Å². The van der Waals surface area contributed by atoms with E-state index in [9.17, 15) is 0 Å². The zero-order valence-corrected chi connectivity index (χ0v) is 11.2. The zero-order valence-electron chi connectivity index (χ0n) is 11.2. The summed E-state index contributed by atoms with van der Waals surface area (Å²) in [6, 6.07) is 6.30. The van der Waals surface area contributed by atoms with E-state index in [2.05, 4.69) is 32.0 Å². The van der Waals surface area contributed by atoms with Crippen LogP contribution in [0.1, 0.15) is 49.8 Å². The van der Waals surface area contributed by atoms with Crippen LogP contribution in [0.3, 0.4) is 0 Å². The van der Waals surface area contributed by atoms with Crippen molar-refractivity contribution in [3.63, 3.8) is 0 Å². The van der Waals surface area contributed by atoms with E-state index in [1.54, 1.807) is 0 Å². The molecule has 2 heteroatoms. The lowest BCUT2D eigenvalue weighted by Crippen LogP contribution is -2.08. The molecule has 0 fully saturated rings. The highest BCUT2D eigenvalue weighted by Crippen LogP contribution is 2.18. The predicted molar refractivity (Wildman–Crippen MR) is 74.6 cm³/mol. The van der Waals surface area contributed by atoms with Gasteiger partial charge >= 0.3 is 0 Å². The summed E-state index contributed by atoms with van der Waals surface area (Å²) in [6.45, 7) is 5.79. The van der Waals surface area contributed by atoms with Crippen molar-refractivity contribution in [2.75, 3.05) is 0 Å². The molecule has 1 rings (SSSR count). The van der Waals surface area contributed by atoms with Crippen LogP contribution in [-0.4, -0.2) is 0 Å². The van der Waals surface area contributed by atoms with E-state index in [1.807, 2.05) is 0 Å². The van der Waals surface area contributed by atoms with Gasteiger partial charge in [-0.2, -0.15) is 0 Å². The fraction of sp³-hybridized carbons (Fsp3) is 0.600. The summed E-state index contributed by atoms with van der Waals surface area (Å²) in [5, 5.41) is 0. The van der Waals surface area contributed by atoms with E-state index in [0.717, 1.165) is 12.3 Å². The number of nitrogens with two attached hydrogens (primary N) is 2.